The van der Waals surface area contributed by atoms with Crippen LogP contribution < -0.4 is 20.6 Å². The van der Waals surface area contributed by atoms with E-state index in [1.807, 2.05) is 39.1 Å². The molecule has 4 aliphatic rings. The van der Waals surface area contributed by atoms with Crippen LogP contribution in [-0.2, 0) is 11.3 Å². The zero-order chi connectivity index (χ0) is 29.4. The maximum absolute atomic E-state index is 12.4. The summed E-state index contributed by atoms with van der Waals surface area (Å²) < 4.78 is 13.3. The van der Waals surface area contributed by atoms with E-state index >= 15 is 0 Å². The van der Waals surface area contributed by atoms with Gasteiger partial charge in [0.25, 0.3) is 5.62 Å². The molecule has 1 aromatic heterocycles. The molecule has 1 N–H and O–H groups in total. The minimum Gasteiger partial charge on any atom is -0.479 e. The number of amides is 1. The van der Waals surface area contributed by atoms with Crippen molar-refractivity contribution in [3.05, 3.63) is 59.8 Å². The summed E-state index contributed by atoms with van der Waals surface area (Å²) in [6.07, 6.45) is 1.53. The Morgan fingerprint density at radius 1 is 0.976 bits per heavy atom. The monoisotopic (exact) mass is 568 g/mol. The highest BCUT2D eigenvalue weighted by Gasteiger charge is 2.27. The second kappa shape index (κ2) is 11.0. The fraction of sp³-hybridized carbons (Fsp3) is 0.387. The van der Waals surface area contributed by atoms with Gasteiger partial charge in [0.1, 0.15) is 28.7 Å². The molecule has 0 spiro atoms. The molecule has 218 valence electrons. The number of hydrogen-bond donors (Lipinski definition) is 1. The van der Waals surface area contributed by atoms with Gasteiger partial charge < -0.3 is 29.2 Å². The van der Waals surface area contributed by atoms with Crippen LogP contribution in [0.15, 0.2) is 53.7 Å². The van der Waals surface area contributed by atoms with Gasteiger partial charge in [-0.05, 0) is 51.5 Å². The molecule has 0 unspecified atom stereocenters. The molecule has 0 radical (unpaired) electrons. The van der Waals surface area contributed by atoms with Gasteiger partial charge in [-0.25, -0.2) is 14.8 Å². The SMILES string of the molecule is COc1nc(N2CCN(C(=O)OC(C)(C)C)CC2)ccc1N=c1ncc2cc(-c3ccc(C)cc3)c3n(c-2n1)CCN3. The fourth-order valence-corrected chi connectivity index (χ4v) is 5.25. The van der Waals surface area contributed by atoms with Crippen LogP contribution in [0.2, 0.25) is 0 Å². The lowest BCUT2D eigenvalue weighted by Crippen LogP contribution is -2.50. The molecule has 11 heteroatoms. The van der Waals surface area contributed by atoms with E-state index in [0.717, 1.165) is 47.2 Å². The van der Waals surface area contributed by atoms with E-state index in [2.05, 4.69) is 57.0 Å². The lowest BCUT2D eigenvalue weighted by atomic mass is 10.0. The Morgan fingerprint density at radius 3 is 2.45 bits per heavy atom. The van der Waals surface area contributed by atoms with Crippen LogP contribution >= 0.6 is 0 Å². The van der Waals surface area contributed by atoms with E-state index in [1.165, 1.54) is 5.56 Å². The van der Waals surface area contributed by atoms with Gasteiger partial charge in [-0.15, -0.1) is 0 Å². The van der Waals surface area contributed by atoms with Crippen LogP contribution in [0, 0.1) is 6.92 Å². The largest absolute Gasteiger partial charge is 0.479 e. The number of aryl methyl sites for hydroxylation is 1. The lowest BCUT2D eigenvalue weighted by molar-refractivity contribution is 0.0240. The molecule has 42 heavy (non-hydrogen) atoms. The molecule has 0 atom stereocenters. The maximum Gasteiger partial charge on any atom is 0.410 e. The Hall–Kier alpha value is -4.67. The highest BCUT2D eigenvalue weighted by atomic mass is 16.6. The van der Waals surface area contributed by atoms with Gasteiger partial charge in [0.15, 0.2) is 0 Å². The number of ether oxygens (including phenoxy) is 2. The second-order valence-corrected chi connectivity index (χ2v) is 11.6. The highest BCUT2D eigenvalue weighted by Crippen LogP contribution is 2.36. The number of carbonyl (C=O) groups is 1. The smallest absolute Gasteiger partial charge is 0.410 e. The molecule has 1 amide bonds. The molecular formula is C31H36N8O3. The zero-order valence-electron chi connectivity index (χ0n) is 24.7. The van der Waals surface area contributed by atoms with Crippen molar-refractivity contribution < 1.29 is 14.3 Å². The first-order valence-corrected chi connectivity index (χ1v) is 14.2. The van der Waals surface area contributed by atoms with Gasteiger partial charge in [0.2, 0.25) is 5.88 Å². The van der Waals surface area contributed by atoms with Gasteiger partial charge in [-0.2, -0.15) is 9.97 Å². The molecule has 6 rings (SSSR count). The Balaban J connectivity index is 1.26. The van der Waals surface area contributed by atoms with E-state index in [-0.39, 0.29) is 6.09 Å². The maximum atomic E-state index is 12.4. The molecule has 1 saturated heterocycles. The number of nitrogens with one attached hydrogen (secondary N) is 1. The number of rotatable bonds is 4. The highest BCUT2D eigenvalue weighted by molar-refractivity contribution is 5.82. The third-order valence-corrected chi connectivity index (χ3v) is 7.35. The van der Waals surface area contributed by atoms with Crippen LogP contribution in [-0.4, -0.2) is 75.9 Å². The van der Waals surface area contributed by atoms with Gasteiger partial charge >= 0.3 is 6.09 Å². The molecule has 1 fully saturated rings. The van der Waals surface area contributed by atoms with Crippen molar-refractivity contribution in [1.82, 2.24) is 24.4 Å². The minimum absolute atomic E-state index is 0.289. The van der Waals surface area contributed by atoms with E-state index in [1.54, 1.807) is 12.0 Å². The summed E-state index contributed by atoms with van der Waals surface area (Å²) in [5, 5.41) is 3.53. The van der Waals surface area contributed by atoms with Crippen LogP contribution in [0.4, 0.5) is 22.1 Å². The summed E-state index contributed by atoms with van der Waals surface area (Å²) in [5.41, 5.74) is 4.82. The van der Waals surface area contributed by atoms with Crippen molar-refractivity contribution in [1.29, 1.82) is 0 Å². The predicted molar refractivity (Wildman–Crippen MR) is 161 cm³/mol. The van der Waals surface area contributed by atoms with E-state index in [0.29, 0.717) is 43.4 Å². The molecule has 0 saturated carbocycles. The van der Waals surface area contributed by atoms with Crippen molar-refractivity contribution >= 4 is 23.4 Å². The average Bonchev–Trinajstić information content (AvgIpc) is 3.47. The normalized spacial score (nSPS) is 15.5. The van der Waals surface area contributed by atoms with Crippen molar-refractivity contribution in [2.45, 2.75) is 39.8 Å². The van der Waals surface area contributed by atoms with Crippen LogP contribution in [0.25, 0.3) is 22.5 Å². The molecule has 5 heterocycles. The number of benzene rings is 1. The topological polar surface area (TPSA) is 110 Å². The van der Waals surface area contributed by atoms with Crippen molar-refractivity contribution in [3.63, 3.8) is 0 Å². The Labute approximate surface area is 245 Å². The number of fused-ring (bicyclic) bond motifs is 3. The summed E-state index contributed by atoms with van der Waals surface area (Å²) in [4.78, 5) is 35.1. The quantitative estimate of drug-likeness (QED) is 0.384. The first kappa shape index (κ1) is 27.5. The predicted octanol–water partition coefficient (Wildman–Crippen LogP) is 4.48. The van der Waals surface area contributed by atoms with Gasteiger partial charge in [0, 0.05) is 56.6 Å². The lowest BCUT2D eigenvalue weighted by Gasteiger charge is -2.36. The fourth-order valence-electron chi connectivity index (χ4n) is 5.25. The number of pyridine rings is 2. The third kappa shape index (κ3) is 5.59. The van der Waals surface area contributed by atoms with E-state index in [9.17, 15) is 4.79 Å². The number of carbonyl (C=O) groups excluding carboxylic acids is 1. The van der Waals surface area contributed by atoms with Crippen molar-refractivity contribution in [2.24, 2.45) is 4.99 Å². The number of hydrogen-bond acceptors (Lipinski definition) is 9. The van der Waals surface area contributed by atoms with Crippen molar-refractivity contribution in [2.75, 3.05) is 50.1 Å². The average molecular weight is 569 g/mol. The Bertz CT molecular complexity index is 1650. The molecule has 11 nitrogen and oxygen atoms in total. The number of nitrogens with zero attached hydrogens (tertiary/aromatic N) is 7. The van der Waals surface area contributed by atoms with Gasteiger partial charge in [-0.3, -0.25) is 0 Å². The number of anilines is 2. The first-order valence-electron chi connectivity index (χ1n) is 14.2. The van der Waals surface area contributed by atoms with Gasteiger partial charge in [-0.1, -0.05) is 29.8 Å². The number of methoxy groups -OCH3 is 1. The third-order valence-electron chi connectivity index (χ3n) is 7.35. The second-order valence-electron chi connectivity index (χ2n) is 11.6. The number of aromatic nitrogens is 4. The molecule has 4 aliphatic heterocycles. The molecule has 1 aromatic carbocycles. The van der Waals surface area contributed by atoms with E-state index < -0.39 is 5.60 Å². The molecular weight excluding hydrogens is 532 g/mol. The van der Waals surface area contributed by atoms with Crippen molar-refractivity contribution in [3.8, 4) is 28.4 Å². The minimum atomic E-state index is -0.517. The van der Waals surface area contributed by atoms with Crippen LogP contribution in [0.3, 0.4) is 0 Å². The van der Waals surface area contributed by atoms with E-state index in [4.69, 9.17) is 24.4 Å². The summed E-state index contributed by atoms with van der Waals surface area (Å²) in [6, 6.07) is 14.5. The standard InChI is InChI=1S/C31H36N8O3/c1-20-6-8-21(9-7-20)23-18-22-19-33-29(36-26(22)39-13-12-32-27(23)39)34-24-10-11-25(35-28(24)41-5)37-14-16-38(17-15-37)30(40)42-31(2,3)4/h6-11,18-19,32H,12-17H2,1-5H3. The summed E-state index contributed by atoms with van der Waals surface area (Å²) in [7, 11) is 1.58. The van der Waals surface area contributed by atoms with Crippen LogP contribution in [0.5, 0.6) is 5.88 Å². The molecule has 0 aliphatic carbocycles. The molecule has 0 bridgehead atoms. The summed E-state index contributed by atoms with van der Waals surface area (Å²) in [6.45, 7) is 11.7. The summed E-state index contributed by atoms with van der Waals surface area (Å²) in [5.74, 6) is 3.02. The van der Waals surface area contributed by atoms with Crippen LogP contribution in [0.1, 0.15) is 26.3 Å². The Kier molecular flexibility index (Phi) is 7.17. The Morgan fingerprint density at radius 2 is 1.74 bits per heavy atom. The summed E-state index contributed by atoms with van der Waals surface area (Å²) >= 11 is 0. The zero-order valence-corrected chi connectivity index (χ0v) is 24.7. The first-order chi connectivity index (χ1) is 20.2. The van der Waals surface area contributed by atoms with Gasteiger partial charge in [0.05, 0.1) is 7.11 Å². The molecule has 2 aromatic rings. The number of piperazine rings is 1.